The Hall–Kier alpha value is -5.08. The van der Waals surface area contributed by atoms with Gasteiger partial charge in [0.15, 0.2) is 0 Å². The molecule has 0 bridgehead atoms. The zero-order valence-electron chi connectivity index (χ0n) is 19.5. The number of anilines is 1. The first kappa shape index (κ1) is 25.0. The number of hydrogen-bond acceptors (Lipinski definition) is 7. The molecule has 0 fully saturated rings. The van der Waals surface area contributed by atoms with Gasteiger partial charge in [-0.25, -0.2) is 14.5 Å². The minimum atomic E-state index is -0.686. The van der Waals surface area contributed by atoms with E-state index in [0.29, 0.717) is 11.4 Å². The predicted octanol–water partition coefficient (Wildman–Crippen LogP) is 3.86. The third-order valence-electron chi connectivity index (χ3n) is 5.32. The van der Waals surface area contributed by atoms with E-state index in [0.717, 1.165) is 21.6 Å². The molecule has 184 valence electrons. The molecule has 8 nitrogen and oxygen atoms in total. The fraction of sp³-hybridized carbons (Fsp3) is 0.0345. The monoisotopic (exact) mass is 495 g/mol. The van der Waals surface area contributed by atoms with Crippen molar-refractivity contribution in [2.75, 3.05) is 11.5 Å². The minimum absolute atomic E-state index is 0.0276. The van der Waals surface area contributed by atoms with Crippen molar-refractivity contribution in [3.8, 4) is 22.6 Å². The molecule has 4 rings (SSSR count). The van der Waals surface area contributed by atoms with E-state index in [9.17, 15) is 19.2 Å². The third-order valence-corrected chi connectivity index (χ3v) is 5.32. The maximum atomic E-state index is 12.2. The van der Waals surface area contributed by atoms with Crippen LogP contribution in [0, 0.1) is 0 Å². The van der Waals surface area contributed by atoms with Crippen LogP contribution in [0.3, 0.4) is 0 Å². The summed E-state index contributed by atoms with van der Waals surface area (Å²) in [7, 11) is 0. The Morgan fingerprint density at radius 1 is 0.784 bits per heavy atom. The number of aliphatic hydroxyl groups excluding tert-OH is 1. The van der Waals surface area contributed by atoms with E-state index in [1.807, 2.05) is 24.3 Å². The highest BCUT2D eigenvalue weighted by Crippen LogP contribution is 2.24. The van der Waals surface area contributed by atoms with E-state index in [2.05, 4.69) is 6.58 Å². The number of imide groups is 1. The van der Waals surface area contributed by atoms with Gasteiger partial charge in [-0.3, -0.25) is 9.59 Å². The fourth-order valence-corrected chi connectivity index (χ4v) is 3.38. The van der Waals surface area contributed by atoms with E-state index < -0.39 is 30.4 Å². The van der Waals surface area contributed by atoms with Gasteiger partial charge in [0.1, 0.15) is 11.5 Å². The molecule has 0 aromatic heterocycles. The summed E-state index contributed by atoms with van der Waals surface area (Å²) in [6.07, 6.45) is 5.30. The van der Waals surface area contributed by atoms with Crippen molar-refractivity contribution >= 4 is 35.5 Å². The lowest BCUT2D eigenvalue weighted by molar-refractivity contribution is -0.131. The van der Waals surface area contributed by atoms with Gasteiger partial charge in [-0.05, 0) is 59.2 Å². The fourth-order valence-electron chi connectivity index (χ4n) is 3.38. The van der Waals surface area contributed by atoms with Gasteiger partial charge >= 0.3 is 11.9 Å². The third kappa shape index (κ3) is 6.14. The second kappa shape index (κ2) is 11.1. The van der Waals surface area contributed by atoms with Crippen LogP contribution in [0.5, 0.6) is 11.5 Å². The first-order valence-corrected chi connectivity index (χ1v) is 11.1. The van der Waals surface area contributed by atoms with Crippen LogP contribution in [0.2, 0.25) is 0 Å². The molecule has 3 aromatic carbocycles. The van der Waals surface area contributed by atoms with E-state index in [1.54, 1.807) is 30.3 Å². The molecule has 2 amide bonds. The highest BCUT2D eigenvalue weighted by Gasteiger charge is 2.24. The number of amides is 2. The quantitative estimate of drug-likeness (QED) is 0.219. The lowest BCUT2D eigenvalue weighted by Crippen LogP contribution is -2.29. The van der Waals surface area contributed by atoms with E-state index in [1.165, 1.54) is 42.5 Å². The Bertz CT molecular complexity index is 1400. The van der Waals surface area contributed by atoms with Crippen LogP contribution in [0.4, 0.5) is 5.69 Å². The molecule has 0 aliphatic carbocycles. The van der Waals surface area contributed by atoms with Gasteiger partial charge in [0.05, 0.1) is 17.9 Å². The van der Waals surface area contributed by atoms with Crippen LogP contribution >= 0.6 is 0 Å². The zero-order chi connectivity index (χ0) is 26.4. The zero-order valence-corrected chi connectivity index (χ0v) is 19.5. The highest BCUT2D eigenvalue weighted by molar-refractivity contribution is 6.28. The van der Waals surface area contributed by atoms with E-state index >= 15 is 0 Å². The molecule has 1 N–H and O–H groups in total. The first-order valence-electron chi connectivity index (χ1n) is 11.1. The highest BCUT2D eigenvalue weighted by atomic mass is 16.5. The predicted molar refractivity (Wildman–Crippen MR) is 136 cm³/mol. The van der Waals surface area contributed by atoms with Crippen molar-refractivity contribution in [1.82, 2.24) is 0 Å². The van der Waals surface area contributed by atoms with Gasteiger partial charge in [-0.2, -0.15) is 0 Å². The number of esters is 2. The van der Waals surface area contributed by atoms with Crippen LogP contribution < -0.4 is 14.4 Å². The summed E-state index contributed by atoms with van der Waals surface area (Å²) in [5.74, 6) is -1.50. The Balaban J connectivity index is 1.32. The van der Waals surface area contributed by atoms with E-state index in [-0.39, 0.29) is 11.3 Å². The lowest BCUT2D eigenvalue weighted by Gasteiger charge is -2.13. The number of ether oxygens (including phenoxy) is 2. The number of aliphatic hydroxyl groups is 1. The second-order valence-corrected chi connectivity index (χ2v) is 7.89. The summed E-state index contributed by atoms with van der Waals surface area (Å²) in [4.78, 5) is 48.4. The molecule has 0 radical (unpaired) electrons. The second-order valence-electron chi connectivity index (χ2n) is 7.89. The van der Waals surface area contributed by atoms with Crippen LogP contribution in [0.1, 0.15) is 5.56 Å². The van der Waals surface area contributed by atoms with Crippen molar-refractivity contribution in [3.63, 3.8) is 0 Å². The smallest absolute Gasteiger partial charge is 0.341 e. The topological polar surface area (TPSA) is 110 Å². The maximum absolute atomic E-state index is 12.2. The van der Waals surface area contributed by atoms with Crippen molar-refractivity contribution in [3.05, 3.63) is 109 Å². The summed E-state index contributed by atoms with van der Waals surface area (Å²) in [6.45, 7) is 2.96. The Morgan fingerprint density at radius 3 is 1.86 bits per heavy atom. The van der Waals surface area contributed by atoms with Gasteiger partial charge < -0.3 is 14.6 Å². The number of hydrogen-bond donors (Lipinski definition) is 1. The molecule has 8 heteroatoms. The largest absolute Gasteiger partial charge is 0.423 e. The summed E-state index contributed by atoms with van der Waals surface area (Å²) < 4.78 is 10.4. The van der Waals surface area contributed by atoms with Gasteiger partial charge in [0.25, 0.3) is 11.8 Å². The summed E-state index contributed by atoms with van der Waals surface area (Å²) in [5, 5.41) is 8.94. The summed E-state index contributed by atoms with van der Waals surface area (Å²) in [5.41, 5.74) is 2.96. The van der Waals surface area contributed by atoms with Gasteiger partial charge in [0, 0.05) is 18.2 Å². The van der Waals surface area contributed by atoms with Gasteiger partial charge in [-0.1, -0.05) is 43.0 Å². The molecular weight excluding hydrogens is 474 g/mol. The SMILES string of the molecule is C=C(CO)C(=O)Oc1ccc(-c2ccc(/C=C/C(=O)Oc3ccc(N4C(=O)C=CC4=O)cc3)cc2)cc1. The molecule has 0 unspecified atom stereocenters. The van der Waals surface area contributed by atoms with Crippen LogP contribution in [-0.4, -0.2) is 35.5 Å². The van der Waals surface area contributed by atoms with Crippen molar-refractivity contribution in [1.29, 1.82) is 0 Å². The number of carbonyl (C=O) groups is 4. The number of benzene rings is 3. The van der Waals surface area contributed by atoms with Crippen LogP contribution in [-0.2, 0) is 19.2 Å². The van der Waals surface area contributed by atoms with Crippen molar-refractivity contribution in [2.24, 2.45) is 0 Å². The minimum Gasteiger partial charge on any atom is -0.423 e. The normalized spacial score (nSPS) is 12.7. The van der Waals surface area contributed by atoms with Gasteiger partial charge in [-0.15, -0.1) is 0 Å². The van der Waals surface area contributed by atoms with E-state index in [4.69, 9.17) is 14.6 Å². The van der Waals surface area contributed by atoms with Crippen molar-refractivity contribution < 1.29 is 33.8 Å². The van der Waals surface area contributed by atoms with Crippen molar-refractivity contribution in [2.45, 2.75) is 0 Å². The number of nitrogens with zero attached hydrogens (tertiary/aromatic N) is 1. The Kier molecular flexibility index (Phi) is 7.51. The molecule has 1 heterocycles. The molecule has 3 aromatic rings. The molecule has 1 aliphatic heterocycles. The Morgan fingerprint density at radius 2 is 1.30 bits per heavy atom. The average Bonchev–Trinajstić information content (AvgIpc) is 3.25. The molecule has 1 aliphatic rings. The molecule has 0 spiro atoms. The number of rotatable bonds is 8. The summed E-state index contributed by atoms with van der Waals surface area (Å²) in [6, 6.07) is 20.4. The Labute approximate surface area is 212 Å². The average molecular weight is 495 g/mol. The molecule has 0 saturated carbocycles. The number of carbonyl (C=O) groups excluding carboxylic acids is 4. The van der Waals surface area contributed by atoms with Crippen LogP contribution in [0.15, 0.2) is 103 Å². The molecular formula is C29H21NO7. The molecule has 37 heavy (non-hydrogen) atoms. The lowest BCUT2D eigenvalue weighted by atomic mass is 10.0. The maximum Gasteiger partial charge on any atom is 0.341 e. The van der Waals surface area contributed by atoms with Crippen LogP contribution in [0.25, 0.3) is 17.2 Å². The molecule has 0 saturated heterocycles. The van der Waals surface area contributed by atoms with Gasteiger partial charge in [0.2, 0.25) is 0 Å². The molecule has 0 atom stereocenters. The standard InChI is InChI=1S/C29H21NO7/c1-19(18-31)29(35)37-25-11-7-22(8-12-25)21-5-2-20(3-6-21)4-17-28(34)36-24-13-9-23(10-14-24)30-26(32)15-16-27(30)33/h2-17,31H,1,18H2/b17-4+. The summed E-state index contributed by atoms with van der Waals surface area (Å²) >= 11 is 0. The first-order chi connectivity index (χ1) is 17.8.